The van der Waals surface area contributed by atoms with Crippen LogP contribution in [0.15, 0.2) is 29.2 Å². The Morgan fingerprint density at radius 3 is 2.50 bits per heavy atom. The van der Waals surface area contributed by atoms with E-state index in [1.165, 1.54) is 24.0 Å². The lowest BCUT2D eigenvalue weighted by molar-refractivity contribution is -0.116. The minimum absolute atomic E-state index is 0.136. The van der Waals surface area contributed by atoms with Crippen LogP contribution >= 0.6 is 0 Å². The average Bonchev–Trinajstić information content (AvgIpc) is 2.16. The zero-order valence-electron chi connectivity index (χ0n) is 7.93. The van der Waals surface area contributed by atoms with Gasteiger partial charge in [-0.05, 0) is 18.2 Å². The molecule has 0 spiro atoms. The van der Waals surface area contributed by atoms with Gasteiger partial charge in [0.05, 0.1) is 4.90 Å². The molecule has 0 aliphatic rings. The van der Waals surface area contributed by atoms with E-state index in [2.05, 4.69) is 0 Å². The molecule has 1 aromatic rings. The van der Waals surface area contributed by atoms with Crippen molar-refractivity contribution in [2.45, 2.75) is 11.8 Å². The van der Waals surface area contributed by atoms with Gasteiger partial charge in [-0.2, -0.15) is 0 Å². The highest BCUT2D eigenvalue weighted by Crippen LogP contribution is 2.15. The van der Waals surface area contributed by atoms with E-state index >= 15 is 0 Å². The summed E-state index contributed by atoms with van der Waals surface area (Å²) in [5.41, 5.74) is 0.578. The van der Waals surface area contributed by atoms with Crippen LogP contribution in [0.2, 0.25) is 0 Å². The molecule has 1 aromatic carbocycles. The van der Waals surface area contributed by atoms with E-state index in [1.54, 1.807) is 19.2 Å². The Hall–Kier alpha value is -1.36. The third-order valence-corrected chi connectivity index (χ3v) is 2.60. The topological polar surface area (TPSA) is 54.5 Å². The summed E-state index contributed by atoms with van der Waals surface area (Å²) in [7, 11) is -0.997. The first kappa shape index (κ1) is 10.7. The van der Waals surface area contributed by atoms with Gasteiger partial charge < -0.3 is 4.90 Å². The minimum Gasteiger partial charge on any atom is -0.316 e. The van der Waals surface area contributed by atoms with Crippen molar-refractivity contribution in [3.05, 3.63) is 24.3 Å². The number of amides is 1. The number of carbonyl (C=O) groups excluding carboxylic acids is 1. The molecule has 0 aliphatic carbocycles. The Morgan fingerprint density at radius 2 is 2.00 bits per heavy atom. The molecular weight excluding hydrogens is 202 g/mol. The highest BCUT2D eigenvalue weighted by molar-refractivity contribution is 7.72. The summed E-state index contributed by atoms with van der Waals surface area (Å²) in [4.78, 5) is 12.6. The van der Waals surface area contributed by atoms with E-state index in [4.69, 9.17) is 0 Å². The molecule has 0 saturated carbocycles. The van der Waals surface area contributed by atoms with Crippen molar-refractivity contribution in [3.8, 4) is 0 Å². The molecule has 0 atom stereocenters. The Balaban J connectivity index is 3.11. The normalized spacial score (nSPS) is 10.2. The SMILES string of the molecule is CC(=O)N(C)c1cccc([SH](=O)=O)c1. The predicted molar refractivity (Wildman–Crippen MR) is 54.1 cm³/mol. The van der Waals surface area contributed by atoms with E-state index in [0.717, 1.165) is 0 Å². The molecule has 0 aromatic heterocycles. The molecule has 76 valence electrons. The zero-order chi connectivity index (χ0) is 10.7. The lowest BCUT2D eigenvalue weighted by atomic mass is 10.3. The van der Waals surface area contributed by atoms with Crippen LogP contribution < -0.4 is 4.90 Å². The fraction of sp³-hybridized carbons (Fsp3) is 0.222. The lowest BCUT2D eigenvalue weighted by Gasteiger charge is -2.14. The smallest absolute Gasteiger partial charge is 0.223 e. The zero-order valence-corrected chi connectivity index (χ0v) is 8.82. The Labute approximate surface area is 84.1 Å². The third kappa shape index (κ3) is 2.32. The third-order valence-electron chi connectivity index (χ3n) is 1.90. The van der Waals surface area contributed by atoms with Crippen LogP contribution in [0.25, 0.3) is 0 Å². The van der Waals surface area contributed by atoms with E-state index in [-0.39, 0.29) is 10.8 Å². The summed E-state index contributed by atoms with van der Waals surface area (Å²) in [5, 5.41) is 0. The van der Waals surface area contributed by atoms with Crippen molar-refractivity contribution >= 4 is 22.3 Å². The van der Waals surface area contributed by atoms with Gasteiger partial charge in [-0.1, -0.05) is 6.07 Å². The van der Waals surface area contributed by atoms with Crippen molar-refractivity contribution in [2.75, 3.05) is 11.9 Å². The standard InChI is InChI=1S/C9H11NO3S/c1-7(11)10(2)8-4-3-5-9(6-8)14(12)13/h3-6,14H,1-2H3. The quantitative estimate of drug-likeness (QED) is 0.733. The fourth-order valence-corrected chi connectivity index (χ4v) is 1.44. The number of nitrogens with zero attached hydrogens (tertiary/aromatic N) is 1. The number of benzene rings is 1. The first-order valence-electron chi connectivity index (χ1n) is 4.01. The van der Waals surface area contributed by atoms with E-state index in [9.17, 15) is 13.2 Å². The average molecular weight is 213 g/mol. The Kier molecular flexibility index (Phi) is 3.24. The van der Waals surface area contributed by atoms with E-state index in [1.807, 2.05) is 0 Å². The largest absolute Gasteiger partial charge is 0.316 e. The van der Waals surface area contributed by atoms with Gasteiger partial charge in [0, 0.05) is 19.7 Å². The van der Waals surface area contributed by atoms with Gasteiger partial charge in [-0.15, -0.1) is 0 Å². The molecule has 0 fully saturated rings. The molecule has 1 amide bonds. The maximum atomic E-state index is 11.0. The van der Waals surface area contributed by atoms with Crippen LogP contribution in [0.5, 0.6) is 0 Å². The fourth-order valence-electron chi connectivity index (χ4n) is 0.997. The second-order valence-electron chi connectivity index (χ2n) is 2.85. The molecule has 14 heavy (non-hydrogen) atoms. The molecule has 0 aliphatic heterocycles. The number of hydrogen-bond donors (Lipinski definition) is 1. The van der Waals surface area contributed by atoms with Crippen molar-refractivity contribution < 1.29 is 13.2 Å². The number of hydrogen-bond acceptors (Lipinski definition) is 3. The van der Waals surface area contributed by atoms with Gasteiger partial charge in [-0.25, -0.2) is 8.42 Å². The molecule has 0 radical (unpaired) electrons. The van der Waals surface area contributed by atoms with Crippen molar-refractivity contribution in [2.24, 2.45) is 0 Å². The first-order chi connectivity index (χ1) is 6.52. The molecule has 0 saturated heterocycles. The number of rotatable bonds is 2. The minimum atomic E-state index is -2.59. The monoisotopic (exact) mass is 213 g/mol. The summed E-state index contributed by atoms with van der Waals surface area (Å²) in [6.07, 6.45) is 0. The van der Waals surface area contributed by atoms with Crippen LogP contribution in [0.1, 0.15) is 6.92 Å². The van der Waals surface area contributed by atoms with Crippen molar-refractivity contribution in [1.29, 1.82) is 0 Å². The molecule has 4 nitrogen and oxygen atoms in total. The van der Waals surface area contributed by atoms with E-state index < -0.39 is 10.7 Å². The molecular formula is C9H11NO3S. The summed E-state index contributed by atoms with van der Waals surface area (Å²) in [6.45, 7) is 1.42. The highest BCUT2D eigenvalue weighted by atomic mass is 32.2. The van der Waals surface area contributed by atoms with Crippen LogP contribution in [0.4, 0.5) is 5.69 Å². The number of anilines is 1. The van der Waals surface area contributed by atoms with Crippen molar-refractivity contribution in [1.82, 2.24) is 0 Å². The molecule has 0 unspecified atom stereocenters. The Bertz CT molecular complexity index is 418. The maximum Gasteiger partial charge on any atom is 0.223 e. The maximum absolute atomic E-state index is 11.0. The Morgan fingerprint density at radius 1 is 1.36 bits per heavy atom. The molecule has 1 rings (SSSR count). The van der Waals surface area contributed by atoms with Gasteiger partial charge in [-0.3, -0.25) is 4.79 Å². The van der Waals surface area contributed by atoms with Crippen LogP contribution in [-0.4, -0.2) is 21.4 Å². The lowest BCUT2D eigenvalue weighted by Crippen LogP contribution is -2.22. The number of carbonyl (C=O) groups is 1. The molecule has 5 heteroatoms. The summed E-state index contributed by atoms with van der Waals surface area (Å²) in [6, 6.07) is 6.25. The van der Waals surface area contributed by atoms with Crippen LogP contribution in [0.3, 0.4) is 0 Å². The van der Waals surface area contributed by atoms with Crippen LogP contribution in [0, 0.1) is 0 Å². The van der Waals surface area contributed by atoms with Gasteiger partial charge in [0.1, 0.15) is 0 Å². The highest BCUT2D eigenvalue weighted by Gasteiger charge is 2.06. The van der Waals surface area contributed by atoms with Gasteiger partial charge >= 0.3 is 0 Å². The first-order valence-corrected chi connectivity index (χ1v) is 5.19. The second-order valence-corrected chi connectivity index (χ2v) is 3.89. The summed E-state index contributed by atoms with van der Waals surface area (Å²) < 4.78 is 21.4. The molecule has 0 heterocycles. The summed E-state index contributed by atoms with van der Waals surface area (Å²) in [5.74, 6) is -0.136. The van der Waals surface area contributed by atoms with Crippen molar-refractivity contribution in [3.63, 3.8) is 0 Å². The molecule has 0 N–H and O–H groups in total. The second kappa shape index (κ2) is 4.23. The van der Waals surface area contributed by atoms with Gasteiger partial charge in [0.2, 0.25) is 5.91 Å². The summed E-state index contributed by atoms with van der Waals surface area (Å²) >= 11 is 0. The predicted octanol–water partition coefficient (Wildman–Crippen LogP) is 0.640. The van der Waals surface area contributed by atoms with Crippen LogP contribution in [-0.2, 0) is 15.5 Å². The van der Waals surface area contributed by atoms with Gasteiger partial charge in [0.25, 0.3) is 0 Å². The number of thiol groups is 1. The van der Waals surface area contributed by atoms with Gasteiger partial charge in [0.15, 0.2) is 10.7 Å². The van der Waals surface area contributed by atoms with E-state index in [0.29, 0.717) is 5.69 Å². The molecule has 0 bridgehead atoms.